The number of nitrogens with zero attached hydrogens (tertiary/aromatic N) is 1. The van der Waals surface area contributed by atoms with Gasteiger partial charge in [0.2, 0.25) is 0 Å². The van der Waals surface area contributed by atoms with Gasteiger partial charge in [0.25, 0.3) is 5.91 Å². The molecule has 0 fully saturated rings. The molecule has 0 bridgehead atoms. The Morgan fingerprint density at radius 1 is 1.04 bits per heavy atom. The first-order chi connectivity index (χ1) is 11.0. The third-order valence-electron chi connectivity index (χ3n) is 3.85. The number of carbonyl (C=O) groups excluding carboxylic acids is 1. The molecule has 0 aliphatic rings. The highest BCUT2D eigenvalue weighted by molar-refractivity contribution is 5.95. The highest BCUT2D eigenvalue weighted by atomic mass is 19.1. The largest absolute Gasteiger partial charge is 0.497 e. The Kier molecular flexibility index (Phi) is 5.21. The van der Waals surface area contributed by atoms with Gasteiger partial charge in [0, 0.05) is 18.7 Å². The number of hydrogen-bond acceptors (Lipinski definition) is 3. The lowest BCUT2D eigenvalue weighted by Gasteiger charge is -2.25. The van der Waals surface area contributed by atoms with Gasteiger partial charge in [0.1, 0.15) is 17.3 Å². The van der Waals surface area contributed by atoms with E-state index in [1.807, 2.05) is 6.92 Å². The third kappa shape index (κ3) is 3.80. The molecule has 2 rings (SSSR count). The summed E-state index contributed by atoms with van der Waals surface area (Å²) in [7, 11) is 4.78. The van der Waals surface area contributed by atoms with E-state index in [1.54, 1.807) is 42.3 Å². The molecule has 122 valence electrons. The number of carbonyl (C=O) groups is 1. The molecule has 2 aromatic carbocycles. The van der Waals surface area contributed by atoms with Gasteiger partial charge in [0.15, 0.2) is 0 Å². The number of methoxy groups -OCH3 is 2. The minimum absolute atomic E-state index is 0.168. The summed E-state index contributed by atoms with van der Waals surface area (Å²) in [6.07, 6.45) is 0. The average molecular weight is 317 g/mol. The molecule has 0 radical (unpaired) electrons. The van der Waals surface area contributed by atoms with Gasteiger partial charge in [0.05, 0.1) is 20.3 Å². The first-order valence-corrected chi connectivity index (χ1v) is 7.22. The molecule has 1 amide bonds. The number of halogens is 1. The molecule has 0 aliphatic heterocycles. The number of hydrogen-bond donors (Lipinski definition) is 0. The monoisotopic (exact) mass is 317 g/mol. The summed E-state index contributed by atoms with van der Waals surface area (Å²) in [5.74, 6) is 0.637. The van der Waals surface area contributed by atoms with Gasteiger partial charge in [-0.3, -0.25) is 4.79 Å². The topological polar surface area (TPSA) is 38.8 Å². The number of benzene rings is 2. The van der Waals surface area contributed by atoms with Crippen molar-refractivity contribution in [2.45, 2.75) is 13.0 Å². The van der Waals surface area contributed by atoms with Crippen molar-refractivity contribution in [1.82, 2.24) is 4.90 Å². The van der Waals surface area contributed by atoms with E-state index < -0.39 is 0 Å². The number of rotatable bonds is 5. The summed E-state index contributed by atoms with van der Waals surface area (Å²) in [5, 5.41) is 0. The summed E-state index contributed by atoms with van der Waals surface area (Å²) in [6.45, 7) is 1.89. The van der Waals surface area contributed by atoms with Crippen LogP contribution < -0.4 is 9.47 Å². The van der Waals surface area contributed by atoms with Crippen molar-refractivity contribution < 1.29 is 18.7 Å². The van der Waals surface area contributed by atoms with Crippen LogP contribution in [0.25, 0.3) is 0 Å². The Morgan fingerprint density at radius 2 is 1.57 bits per heavy atom. The fourth-order valence-electron chi connectivity index (χ4n) is 2.28. The van der Waals surface area contributed by atoms with Crippen LogP contribution >= 0.6 is 0 Å². The van der Waals surface area contributed by atoms with Crippen LogP contribution in [0.3, 0.4) is 0 Å². The van der Waals surface area contributed by atoms with Crippen LogP contribution in [0.1, 0.15) is 28.9 Å². The lowest BCUT2D eigenvalue weighted by atomic mass is 10.1. The summed E-state index contributed by atoms with van der Waals surface area (Å²) in [5.41, 5.74) is 1.33. The summed E-state index contributed by atoms with van der Waals surface area (Å²) in [6, 6.07) is 11.0. The van der Waals surface area contributed by atoms with Gasteiger partial charge >= 0.3 is 0 Å². The third-order valence-corrected chi connectivity index (χ3v) is 3.85. The van der Waals surface area contributed by atoms with Crippen LogP contribution in [0.15, 0.2) is 42.5 Å². The minimum atomic E-state index is -0.299. The lowest BCUT2D eigenvalue weighted by Crippen LogP contribution is -2.29. The maximum absolute atomic E-state index is 13.0. The molecule has 0 saturated heterocycles. The quantitative estimate of drug-likeness (QED) is 0.844. The molecule has 2 aromatic rings. The highest BCUT2D eigenvalue weighted by Gasteiger charge is 2.20. The maximum atomic E-state index is 13.0. The van der Waals surface area contributed by atoms with E-state index >= 15 is 0 Å². The summed E-state index contributed by atoms with van der Waals surface area (Å²) >= 11 is 0. The van der Waals surface area contributed by atoms with Crippen LogP contribution in [-0.2, 0) is 0 Å². The molecule has 0 N–H and O–H groups in total. The van der Waals surface area contributed by atoms with Gasteiger partial charge in [-0.05, 0) is 36.8 Å². The van der Waals surface area contributed by atoms with Crippen LogP contribution in [0.2, 0.25) is 0 Å². The SMILES string of the molecule is COc1cc(OC)cc(C(=O)N(C)[C@H](C)c2ccc(F)cc2)c1. The van der Waals surface area contributed by atoms with E-state index in [0.717, 1.165) is 5.56 Å². The van der Waals surface area contributed by atoms with Crippen molar-refractivity contribution in [3.63, 3.8) is 0 Å². The first-order valence-electron chi connectivity index (χ1n) is 7.22. The van der Waals surface area contributed by atoms with E-state index in [0.29, 0.717) is 17.1 Å². The Hall–Kier alpha value is -2.56. The van der Waals surface area contributed by atoms with Gasteiger partial charge in [-0.2, -0.15) is 0 Å². The van der Waals surface area contributed by atoms with Crippen molar-refractivity contribution in [3.8, 4) is 11.5 Å². The normalized spacial score (nSPS) is 11.7. The minimum Gasteiger partial charge on any atom is -0.497 e. The van der Waals surface area contributed by atoms with Crippen molar-refractivity contribution in [1.29, 1.82) is 0 Å². The molecule has 0 saturated carbocycles. The summed E-state index contributed by atoms with van der Waals surface area (Å²) < 4.78 is 23.4. The molecule has 0 aliphatic carbocycles. The lowest BCUT2D eigenvalue weighted by molar-refractivity contribution is 0.0742. The average Bonchev–Trinajstić information content (AvgIpc) is 2.59. The molecule has 0 spiro atoms. The molecule has 1 atom stereocenters. The van der Waals surface area contributed by atoms with Gasteiger partial charge in [-0.1, -0.05) is 12.1 Å². The standard InChI is InChI=1S/C18H20FNO3/c1-12(13-5-7-15(19)8-6-13)20(2)18(21)14-9-16(22-3)11-17(10-14)23-4/h5-12H,1-4H3/t12-/m1/s1. The Bertz CT molecular complexity index is 663. The predicted octanol–water partition coefficient (Wildman–Crippen LogP) is 3.68. The predicted molar refractivity (Wildman–Crippen MR) is 86.5 cm³/mol. The molecule has 5 heteroatoms. The zero-order valence-corrected chi connectivity index (χ0v) is 13.7. The highest BCUT2D eigenvalue weighted by Crippen LogP contribution is 2.26. The number of ether oxygens (including phenoxy) is 2. The maximum Gasteiger partial charge on any atom is 0.254 e. The van der Waals surface area contributed by atoms with Crippen molar-refractivity contribution in [3.05, 3.63) is 59.4 Å². The van der Waals surface area contributed by atoms with Crippen LogP contribution in [0.4, 0.5) is 4.39 Å². The van der Waals surface area contributed by atoms with Gasteiger partial charge in [-0.15, -0.1) is 0 Å². The second kappa shape index (κ2) is 7.13. The van der Waals surface area contributed by atoms with E-state index in [-0.39, 0.29) is 17.8 Å². The molecule has 4 nitrogen and oxygen atoms in total. The zero-order chi connectivity index (χ0) is 17.0. The van der Waals surface area contributed by atoms with Crippen LogP contribution in [0.5, 0.6) is 11.5 Å². The summed E-state index contributed by atoms with van der Waals surface area (Å²) in [4.78, 5) is 14.3. The molecule has 0 aromatic heterocycles. The second-order valence-corrected chi connectivity index (χ2v) is 5.24. The Balaban J connectivity index is 2.26. The van der Waals surface area contributed by atoms with Crippen molar-refractivity contribution in [2.75, 3.05) is 21.3 Å². The Labute approximate surface area is 135 Å². The number of amides is 1. The van der Waals surface area contributed by atoms with E-state index in [1.165, 1.54) is 26.4 Å². The molecule has 0 unspecified atom stereocenters. The fourth-order valence-corrected chi connectivity index (χ4v) is 2.28. The van der Waals surface area contributed by atoms with Gasteiger partial charge < -0.3 is 14.4 Å². The first kappa shape index (κ1) is 16.8. The van der Waals surface area contributed by atoms with E-state index in [2.05, 4.69) is 0 Å². The van der Waals surface area contributed by atoms with Crippen molar-refractivity contribution >= 4 is 5.91 Å². The molecular formula is C18H20FNO3. The van der Waals surface area contributed by atoms with Crippen LogP contribution in [-0.4, -0.2) is 32.1 Å². The Morgan fingerprint density at radius 3 is 2.04 bits per heavy atom. The smallest absolute Gasteiger partial charge is 0.254 e. The van der Waals surface area contributed by atoms with Gasteiger partial charge in [-0.25, -0.2) is 4.39 Å². The van der Waals surface area contributed by atoms with E-state index in [4.69, 9.17) is 9.47 Å². The molecule has 23 heavy (non-hydrogen) atoms. The van der Waals surface area contributed by atoms with Crippen molar-refractivity contribution in [2.24, 2.45) is 0 Å². The molecule has 0 heterocycles. The zero-order valence-electron chi connectivity index (χ0n) is 13.7. The molecular weight excluding hydrogens is 297 g/mol. The second-order valence-electron chi connectivity index (χ2n) is 5.24. The fraction of sp³-hybridized carbons (Fsp3) is 0.278. The van der Waals surface area contributed by atoms with E-state index in [9.17, 15) is 9.18 Å². The van der Waals surface area contributed by atoms with Crippen LogP contribution in [0, 0.1) is 5.82 Å².